The molecule has 1 heterocycles. The highest BCUT2D eigenvalue weighted by Crippen LogP contribution is 2.20. The second-order valence-electron chi connectivity index (χ2n) is 4.55. The fourth-order valence-corrected chi connectivity index (χ4v) is 2.10. The van der Waals surface area contributed by atoms with Gasteiger partial charge in [-0.1, -0.05) is 11.6 Å². The van der Waals surface area contributed by atoms with E-state index in [1.54, 1.807) is 16.9 Å². The molecule has 1 aromatic heterocycles. The zero-order valence-electron chi connectivity index (χ0n) is 10.9. The molecular formula is C14H16ClN3O. The standard InChI is InChI=1S/C14H16ClN3O/c1-10-8-12(15)4-5-13(10)17-14(19)9-11(2)18-7-3-6-16-18/h3-8,11H,9H2,1-2H3,(H,17,19)/t11-/m1/s1. The van der Waals surface area contributed by atoms with Crippen LogP contribution in [0, 0.1) is 6.92 Å². The summed E-state index contributed by atoms with van der Waals surface area (Å²) in [7, 11) is 0. The van der Waals surface area contributed by atoms with Crippen LogP contribution in [0.25, 0.3) is 0 Å². The number of rotatable bonds is 4. The average Bonchev–Trinajstić information content (AvgIpc) is 2.86. The van der Waals surface area contributed by atoms with Gasteiger partial charge in [0.1, 0.15) is 0 Å². The van der Waals surface area contributed by atoms with Crippen molar-refractivity contribution in [1.82, 2.24) is 9.78 Å². The van der Waals surface area contributed by atoms with Crippen LogP contribution in [0.2, 0.25) is 5.02 Å². The lowest BCUT2D eigenvalue weighted by Crippen LogP contribution is -2.18. The molecule has 0 aliphatic heterocycles. The van der Waals surface area contributed by atoms with Gasteiger partial charge < -0.3 is 5.32 Å². The molecule has 0 saturated heterocycles. The molecule has 0 saturated carbocycles. The van der Waals surface area contributed by atoms with E-state index >= 15 is 0 Å². The number of hydrogen-bond donors (Lipinski definition) is 1. The normalized spacial score (nSPS) is 12.2. The molecule has 5 heteroatoms. The Bertz CT molecular complexity index is 566. The summed E-state index contributed by atoms with van der Waals surface area (Å²) in [6, 6.07) is 7.28. The van der Waals surface area contributed by atoms with Gasteiger partial charge in [0.05, 0.1) is 6.04 Å². The van der Waals surface area contributed by atoms with Gasteiger partial charge in [0.25, 0.3) is 0 Å². The first-order chi connectivity index (χ1) is 9.06. The summed E-state index contributed by atoms with van der Waals surface area (Å²) in [6.45, 7) is 3.87. The minimum absolute atomic E-state index is 0.0302. The molecule has 1 N–H and O–H groups in total. The van der Waals surface area contributed by atoms with Gasteiger partial charge in [-0.25, -0.2) is 0 Å². The van der Waals surface area contributed by atoms with Gasteiger partial charge in [0.15, 0.2) is 0 Å². The zero-order valence-corrected chi connectivity index (χ0v) is 11.7. The van der Waals surface area contributed by atoms with E-state index in [1.807, 2.05) is 38.2 Å². The van der Waals surface area contributed by atoms with Crippen molar-refractivity contribution in [2.75, 3.05) is 5.32 Å². The van der Waals surface area contributed by atoms with Crippen LogP contribution in [-0.4, -0.2) is 15.7 Å². The lowest BCUT2D eigenvalue weighted by atomic mass is 10.2. The maximum atomic E-state index is 12.0. The van der Waals surface area contributed by atoms with E-state index in [4.69, 9.17) is 11.6 Å². The molecule has 0 radical (unpaired) electrons. The first-order valence-electron chi connectivity index (χ1n) is 6.11. The van der Waals surface area contributed by atoms with Crippen LogP contribution < -0.4 is 5.32 Å². The molecule has 0 bridgehead atoms. The molecular weight excluding hydrogens is 262 g/mol. The number of amides is 1. The van der Waals surface area contributed by atoms with Crippen molar-refractivity contribution in [3.63, 3.8) is 0 Å². The minimum Gasteiger partial charge on any atom is -0.326 e. The van der Waals surface area contributed by atoms with Crippen molar-refractivity contribution in [2.24, 2.45) is 0 Å². The molecule has 1 amide bonds. The molecule has 0 aliphatic carbocycles. The van der Waals surface area contributed by atoms with E-state index < -0.39 is 0 Å². The van der Waals surface area contributed by atoms with Crippen LogP contribution >= 0.6 is 11.6 Å². The fourth-order valence-electron chi connectivity index (χ4n) is 1.87. The van der Waals surface area contributed by atoms with Crippen LogP contribution in [0.3, 0.4) is 0 Å². The maximum absolute atomic E-state index is 12.0. The molecule has 4 nitrogen and oxygen atoms in total. The first kappa shape index (κ1) is 13.6. The number of nitrogens with one attached hydrogen (secondary N) is 1. The molecule has 0 fully saturated rings. The molecule has 0 unspecified atom stereocenters. The van der Waals surface area contributed by atoms with Gasteiger partial charge in [-0.3, -0.25) is 9.48 Å². The van der Waals surface area contributed by atoms with Gasteiger partial charge in [-0.2, -0.15) is 5.10 Å². The Labute approximate surface area is 117 Å². The predicted molar refractivity (Wildman–Crippen MR) is 76.4 cm³/mol. The SMILES string of the molecule is Cc1cc(Cl)ccc1NC(=O)C[C@@H](C)n1cccn1. The summed E-state index contributed by atoms with van der Waals surface area (Å²) in [5.41, 5.74) is 1.75. The van der Waals surface area contributed by atoms with Gasteiger partial charge in [0, 0.05) is 29.5 Å². The second kappa shape index (κ2) is 5.89. The van der Waals surface area contributed by atoms with E-state index in [9.17, 15) is 4.79 Å². The van der Waals surface area contributed by atoms with Crippen LogP contribution in [-0.2, 0) is 4.79 Å². The number of carbonyl (C=O) groups is 1. The third-order valence-electron chi connectivity index (χ3n) is 2.92. The summed E-state index contributed by atoms with van der Waals surface area (Å²) in [5.74, 6) is -0.0339. The Balaban J connectivity index is 1.98. The van der Waals surface area contributed by atoms with E-state index in [-0.39, 0.29) is 11.9 Å². The highest BCUT2D eigenvalue weighted by molar-refractivity contribution is 6.30. The van der Waals surface area contributed by atoms with Gasteiger partial charge in [-0.15, -0.1) is 0 Å². The highest BCUT2D eigenvalue weighted by atomic mass is 35.5. The monoisotopic (exact) mass is 277 g/mol. The van der Waals surface area contributed by atoms with E-state index in [0.29, 0.717) is 11.4 Å². The van der Waals surface area contributed by atoms with Crippen molar-refractivity contribution in [2.45, 2.75) is 26.3 Å². The number of benzene rings is 1. The molecule has 0 spiro atoms. The number of nitrogens with zero attached hydrogens (tertiary/aromatic N) is 2. The summed E-state index contributed by atoms with van der Waals surface area (Å²) >= 11 is 5.88. The molecule has 1 aromatic carbocycles. The highest BCUT2D eigenvalue weighted by Gasteiger charge is 2.12. The Hall–Kier alpha value is -1.81. The molecule has 2 rings (SSSR count). The number of aromatic nitrogens is 2. The molecule has 100 valence electrons. The van der Waals surface area contributed by atoms with Crippen LogP contribution in [0.4, 0.5) is 5.69 Å². The molecule has 1 atom stereocenters. The summed E-state index contributed by atoms with van der Waals surface area (Å²) in [5, 5.41) is 7.68. The van der Waals surface area contributed by atoms with Gasteiger partial charge in [0.2, 0.25) is 5.91 Å². The molecule has 0 aliphatic rings. The summed E-state index contributed by atoms with van der Waals surface area (Å²) < 4.78 is 1.77. The summed E-state index contributed by atoms with van der Waals surface area (Å²) in [6.07, 6.45) is 3.94. The second-order valence-corrected chi connectivity index (χ2v) is 4.98. The topological polar surface area (TPSA) is 46.9 Å². The third kappa shape index (κ3) is 3.58. The minimum atomic E-state index is -0.0339. The van der Waals surface area contributed by atoms with Crippen molar-refractivity contribution in [3.05, 3.63) is 47.2 Å². The van der Waals surface area contributed by atoms with Gasteiger partial charge >= 0.3 is 0 Å². The Kier molecular flexibility index (Phi) is 4.22. The number of hydrogen-bond acceptors (Lipinski definition) is 2. The van der Waals surface area contributed by atoms with Crippen LogP contribution in [0.1, 0.15) is 24.9 Å². The lowest BCUT2D eigenvalue weighted by Gasteiger charge is -2.13. The first-order valence-corrected chi connectivity index (χ1v) is 6.49. The van der Waals surface area contributed by atoms with Crippen LogP contribution in [0.5, 0.6) is 0 Å². The largest absolute Gasteiger partial charge is 0.326 e. The third-order valence-corrected chi connectivity index (χ3v) is 3.15. The van der Waals surface area contributed by atoms with Crippen molar-refractivity contribution >= 4 is 23.2 Å². The van der Waals surface area contributed by atoms with E-state index in [2.05, 4.69) is 10.4 Å². The average molecular weight is 278 g/mol. The number of anilines is 1. The van der Waals surface area contributed by atoms with Crippen LogP contribution in [0.15, 0.2) is 36.7 Å². The van der Waals surface area contributed by atoms with Crippen molar-refractivity contribution in [3.8, 4) is 0 Å². The number of halogens is 1. The Morgan fingerprint density at radius 1 is 1.53 bits per heavy atom. The lowest BCUT2D eigenvalue weighted by molar-refractivity contribution is -0.116. The molecule has 19 heavy (non-hydrogen) atoms. The van der Waals surface area contributed by atoms with E-state index in [1.165, 1.54) is 0 Å². The number of aryl methyl sites for hydroxylation is 1. The van der Waals surface area contributed by atoms with E-state index in [0.717, 1.165) is 11.3 Å². The van der Waals surface area contributed by atoms with Crippen molar-refractivity contribution < 1.29 is 4.79 Å². The zero-order chi connectivity index (χ0) is 13.8. The van der Waals surface area contributed by atoms with Gasteiger partial charge in [-0.05, 0) is 43.7 Å². The Morgan fingerprint density at radius 2 is 2.32 bits per heavy atom. The maximum Gasteiger partial charge on any atom is 0.226 e. The Morgan fingerprint density at radius 3 is 2.95 bits per heavy atom. The predicted octanol–water partition coefficient (Wildman–Crippen LogP) is 3.43. The summed E-state index contributed by atoms with van der Waals surface area (Å²) in [4.78, 5) is 12.0. The number of carbonyl (C=O) groups excluding carboxylic acids is 1. The quantitative estimate of drug-likeness (QED) is 0.931. The molecule has 2 aromatic rings. The fraction of sp³-hybridized carbons (Fsp3) is 0.286. The smallest absolute Gasteiger partial charge is 0.226 e. The van der Waals surface area contributed by atoms with Crippen molar-refractivity contribution in [1.29, 1.82) is 0 Å².